The quantitative estimate of drug-likeness (QED) is 0.802. The Morgan fingerprint density at radius 1 is 1.33 bits per heavy atom. The van der Waals surface area contributed by atoms with Crippen molar-refractivity contribution in [3.05, 3.63) is 42.2 Å². The largest absolute Gasteiger partial charge is 0.342 e. The Balaban J connectivity index is 1.48. The van der Waals surface area contributed by atoms with Gasteiger partial charge in [0.25, 0.3) is 0 Å². The van der Waals surface area contributed by atoms with E-state index in [1.807, 2.05) is 30.1 Å². The summed E-state index contributed by atoms with van der Waals surface area (Å²) in [5.74, 6) is 1.69. The molecule has 0 saturated carbocycles. The van der Waals surface area contributed by atoms with E-state index in [4.69, 9.17) is 4.98 Å². The SMILES string of the molecule is Cn1cc(CC2CCN(c3nc4ccccc4[nH]3)C2)cn1. The molecule has 1 fully saturated rings. The molecule has 1 unspecified atom stereocenters. The highest BCUT2D eigenvalue weighted by molar-refractivity contribution is 5.77. The minimum Gasteiger partial charge on any atom is -0.342 e. The molecule has 4 rings (SSSR count). The molecule has 1 aliphatic rings. The summed E-state index contributed by atoms with van der Waals surface area (Å²) in [4.78, 5) is 10.5. The maximum absolute atomic E-state index is 4.69. The average molecular weight is 281 g/mol. The molecule has 0 radical (unpaired) electrons. The first-order chi connectivity index (χ1) is 10.3. The van der Waals surface area contributed by atoms with Crippen LogP contribution in [0.25, 0.3) is 11.0 Å². The molecule has 0 amide bonds. The van der Waals surface area contributed by atoms with Gasteiger partial charge in [0, 0.05) is 26.3 Å². The van der Waals surface area contributed by atoms with Crippen LogP contribution in [0.3, 0.4) is 0 Å². The molecule has 108 valence electrons. The van der Waals surface area contributed by atoms with E-state index in [0.717, 1.165) is 36.5 Å². The van der Waals surface area contributed by atoms with Crippen molar-refractivity contribution in [3.63, 3.8) is 0 Å². The number of para-hydroxylation sites is 2. The van der Waals surface area contributed by atoms with Gasteiger partial charge in [-0.05, 0) is 36.5 Å². The zero-order valence-electron chi connectivity index (χ0n) is 12.2. The van der Waals surface area contributed by atoms with E-state index in [1.165, 1.54) is 12.0 Å². The van der Waals surface area contributed by atoms with Crippen molar-refractivity contribution in [2.75, 3.05) is 18.0 Å². The summed E-state index contributed by atoms with van der Waals surface area (Å²) >= 11 is 0. The summed E-state index contributed by atoms with van der Waals surface area (Å²) in [6, 6.07) is 8.20. The van der Waals surface area contributed by atoms with Crippen LogP contribution in [0.4, 0.5) is 5.95 Å². The fourth-order valence-electron chi connectivity index (χ4n) is 3.19. The number of hydrogen-bond acceptors (Lipinski definition) is 3. The molecule has 5 nitrogen and oxygen atoms in total. The maximum Gasteiger partial charge on any atom is 0.203 e. The van der Waals surface area contributed by atoms with Crippen molar-refractivity contribution in [2.24, 2.45) is 13.0 Å². The van der Waals surface area contributed by atoms with Crippen LogP contribution >= 0.6 is 0 Å². The third-order valence-electron chi connectivity index (χ3n) is 4.24. The van der Waals surface area contributed by atoms with Crippen LogP contribution in [0, 0.1) is 5.92 Å². The lowest BCUT2D eigenvalue weighted by atomic mass is 10.0. The van der Waals surface area contributed by atoms with Crippen molar-refractivity contribution in [2.45, 2.75) is 12.8 Å². The number of imidazole rings is 1. The van der Waals surface area contributed by atoms with E-state index in [2.05, 4.69) is 33.3 Å². The molecular weight excluding hydrogens is 262 g/mol. The predicted octanol–water partition coefficient (Wildman–Crippen LogP) is 2.37. The van der Waals surface area contributed by atoms with Crippen LogP contribution in [0.15, 0.2) is 36.7 Å². The van der Waals surface area contributed by atoms with Gasteiger partial charge >= 0.3 is 0 Å². The van der Waals surface area contributed by atoms with Crippen LogP contribution < -0.4 is 4.90 Å². The molecule has 3 aromatic rings. The molecular formula is C16H19N5. The first-order valence-corrected chi connectivity index (χ1v) is 7.45. The second kappa shape index (κ2) is 4.91. The van der Waals surface area contributed by atoms with Crippen LogP contribution in [0.5, 0.6) is 0 Å². The summed E-state index contributed by atoms with van der Waals surface area (Å²) < 4.78 is 1.88. The second-order valence-corrected chi connectivity index (χ2v) is 5.90. The van der Waals surface area contributed by atoms with Gasteiger partial charge in [-0.25, -0.2) is 4.98 Å². The molecule has 0 bridgehead atoms. The lowest BCUT2D eigenvalue weighted by Gasteiger charge is -2.14. The molecule has 21 heavy (non-hydrogen) atoms. The summed E-state index contributed by atoms with van der Waals surface area (Å²) in [6.07, 6.45) is 6.41. The van der Waals surface area contributed by atoms with Gasteiger partial charge in [-0.3, -0.25) is 4.68 Å². The standard InChI is InChI=1S/C16H19N5/c1-20-10-13(9-17-20)8-12-6-7-21(11-12)16-18-14-4-2-3-5-15(14)19-16/h2-5,9-10,12H,6-8,11H2,1H3,(H,18,19). The maximum atomic E-state index is 4.69. The van der Waals surface area contributed by atoms with Gasteiger partial charge in [0.05, 0.1) is 17.2 Å². The van der Waals surface area contributed by atoms with Crippen LogP contribution in [0.2, 0.25) is 0 Å². The van der Waals surface area contributed by atoms with Crippen molar-refractivity contribution < 1.29 is 0 Å². The summed E-state index contributed by atoms with van der Waals surface area (Å²) in [6.45, 7) is 2.14. The number of aromatic nitrogens is 4. The van der Waals surface area contributed by atoms with E-state index >= 15 is 0 Å². The Hall–Kier alpha value is -2.30. The van der Waals surface area contributed by atoms with Crippen LogP contribution in [-0.4, -0.2) is 32.8 Å². The van der Waals surface area contributed by atoms with Gasteiger partial charge < -0.3 is 9.88 Å². The van der Waals surface area contributed by atoms with E-state index in [-0.39, 0.29) is 0 Å². The number of hydrogen-bond donors (Lipinski definition) is 1. The molecule has 1 aromatic carbocycles. The van der Waals surface area contributed by atoms with E-state index in [1.54, 1.807) is 0 Å². The lowest BCUT2D eigenvalue weighted by Crippen LogP contribution is -2.21. The molecule has 0 aliphatic carbocycles. The fourth-order valence-corrected chi connectivity index (χ4v) is 3.19. The minimum absolute atomic E-state index is 0.683. The first kappa shape index (κ1) is 12.4. The van der Waals surface area contributed by atoms with Gasteiger partial charge in [0.2, 0.25) is 5.95 Å². The normalized spacial score (nSPS) is 18.7. The van der Waals surface area contributed by atoms with Gasteiger partial charge in [-0.2, -0.15) is 5.10 Å². The van der Waals surface area contributed by atoms with Crippen molar-refractivity contribution in [1.29, 1.82) is 0 Å². The summed E-state index contributed by atoms with van der Waals surface area (Å²) in [5, 5.41) is 4.25. The topological polar surface area (TPSA) is 49.7 Å². The third kappa shape index (κ3) is 2.39. The zero-order chi connectivity index (χ0) is 14.2. The van der Waals surface area contributed by atoms with Gasteiger partial charge in [-0.15, -0.1) is 0 Å². The van der Waals surface area contributed by atoms with Crippen molar-refractivity contribution in [1.82, 2.24) is 19.7 Å². The molecule has 5 heteroatoms. The van der Waals surface area contributed by atoms with E-state index < -0.39 is 0 Å². The van der Waals surface area contributed by atoms with E-state index in [0.29, 0.717) is 5.92 Å². The molecule has 1 saturated heterocycles. The number of fused-ring (bicyclic) bond motifs is 1. The Bertz CT molecular complexity index is 724. The number of anilines is 1. The smallest absolute Gasteiger partial charge is 0.203 e. The first-order valence-electron chi connectivity index (χ1n) is 7.45. The fraction of sp³-hybridized carbons (Fsp3) is 0.375. The number of benzene rings is 1. The molecule has 1 atom stereocenters. The molecule has 3 heterocycles. The number of nitrogens with one attached hydrogen (secondary N) is 1. The Labute approximate surface area is 123 Å². The number of aromatic amines is 1. The Kier molecular flexibility index (Phi) is 2.91. The average Bonchev–Trinajstić information content (AvgIpc) is 3.18. The molecule has 1 aliphatic heterocycles. The summed E-state index contributed by atoms with van der Waals surface area (Å²) in [5.41, 5.74) is 3.49. The predicted molar refractivity (Wildman–Crippen MR) is 83.3 cm³/mol. The summed E-state index contributed by atoms with van der Waals surface area (Å²) in [7, 11) is 1.97. The molecule has 1 N–H and O–H groups in total. The number of nitrogens with zero attached hydrogens (tertiary/aromatic N) is 4. The van der Waals surface area contributed by atoms with Crippen molar-refractivity contribution in [3.8, 4) is 0 Å². The van der Waals surface area contributed by atoms with Crippen LogP contribution in [-0.2, 0) is 13.5 Å². The van der Waals surface area contributed by atoms with Gasteiger partial charge in [-0.1, -0.05) is 12.1 Å². The Morgan fingerprint density at radius 2 is 2.24 bits per heavy atom. The van der Waals surface area contributed by atoms with Crippen LogP contribution in [0.1, 0.15) is 12.0 Å². The monoisotopic (exact) mass is 281 g/mol. The lowest BCUT2D eigenvalue weighted by molar-refractivity contribution is 0.585. The minimum atomic E-state index is 0.683. The molecule has 2 aromatic heterocycles. The highest BCUT2D eigenvalue weighted by Crippen LogP contribution is 2.25. The van der Waals surface area contributed by atoms with Gasteiger partial charge in [0.1, 0.15) is 0 Å². The second-order valence-electron chi connectivity index (χ2n) is 5.90. The highest BCUT2D eigenvalue weighted by atomic mass is 15.3. The number of rotatable bonds is 3. The Morgan fingerprint density at radius 3 is 3.05 bits per heavy atom. The zero-order valence-corrected chi connectivity index (χ0v) is 12.2. The van der Waals surface area contributed by atoms with Crippen molar-refractivity contribution >= 4 is 17.0 Å². The number of aryl methyl sites for hydroxylation is 1. The third-order valence-corrected chi connectivity index (χ3v) is 4.24. The molecule has 0 spiro atoms. The van der Waals surface area contributed by atoms with Gasteiger partial charge in [0.15, 0.2) is 0 Å². The highest BCUT2D eigenvalue weighted by Gasteiger charge is 2.25. The van der Waals surface area contributed by atoms with E-state index in [9.17, 15) is 0 Å². The number of H-pyrrole nitrogens is 1.